The van der Waals surface area contributed by atoms with Gasteiger partial charge in [-0.3, -0.25) is 0 Å². The van der Waals surface area contributed by atoms with Crippen LogP contribution in [0.1, 0.15) is 47.2 Å². The Kier molecular flexibility index (Phi) is 12.7. The third kappa shape index (κ3) is 12.0. The van der Waals surface area contributed by atoms with E-state index in [0.29, 0.717) is 6.42 Å². The predicted octanol–water partition coefficient (Wildman–Crippen LogP) is 10.9. The van der Waals surface area contributed by atoms with Crippen LogP contribution in [-0.2, 0) is 24.7 Å². The van der Waals surface area contributed by atoms with Crippen LogP contribution in [0, 0.1) is 6.07 Å². The molecule has 0 aliphatic heterocycles. The standard InChI is InChI=1S/C27H26BF9NO3.C7H4F3/c1-5-23(38(2,3)4)22-16-19(27(35,36)37)10-15-24(22)41-28(39-20-11-6-17(7-12-20)25(29,30)31)40-21-13-8-18(9-14-21)26(32,33)34;8-7(9,10)6-4-2-1-3-5-6/h6-16,23H,5H2,1-4H3;2-5H/q+1;-1. The number of benzene rings is 4. The monoisotopic (exact) mass is 739 g/mol. The summed E-state index contributed by atoms with van der Waals surface area (Å²) in [5.74, 6) is -0.411. The van der Waals surface area contributed by atoms with Crippen molar-refractivity contribution in [3.8, 4) is 17.2 Å². The smallest absolute Gasteiger partial charge is 0.490 e. The second kappa shape index (κ2) is 15.8. The zero-order valence-corrected chi connectivity index (χ0v) is 27.2. The van der Waals surface area contributed by atoms with E-state index < -0.39 is 60.3 Å². The Labute approximate surface area is 285 Å². The first-order valence-electron chi connectivity index (χ1n) is 14.8. The Hall–Kier alpha value is -4.54. The number of alkyl halides is 12. The highest BCUT2D eigenvalue weighted by Gasteiger charge is 2.38. The van der Waals surface area contributed by atoms with Crippen molar-refractivity contribution in [3.05, 3.63) is 125 Å². The molecule has 4 aromatic carbocycles. The predicted molar refractivity (Wildman–Crippen MR) is 163 cm³/mol. The average molecular weight is 739 g/mol. The Morgan fingerprint density at radius 3 is 1.25 bits per heavy atom. The molecule has 0 heterocycles. The maximum absolute atomic E-state index is 13.6. The van der Waals surface area contributed by atoms with Gasteiger partial charge < -0.3 is 18.4 Å². The SMILES string of the molecule is CCC(c1cc(C(F)(F)F)ccc1OB(Oc1ccc(C(F)(F)F)cc1)Oc1ccc(C(F)(F)F)cc1)[N+](C)(C)C.FC(F)(F)c1cc[c-]cc1. The maximum atomic E-state index is 13.6. The molecule has 0 spiro atoms. The van der Waals surface area contributed by atoms with Crippen molar-refractivity contribution in [3.63, 3.8) is 0 Å². The third-order valence-electron chi connectivity index (χ3n) is 7.11. The summed E-state index contributed by atoms with van der Waals surface area (Å²) < 4.78 is 171. The lowest BCUT2D eigenvalue weighted by Crippen LogP contribution is -2.40. The van der Waals surface area contributed by atoms with E-state index in [-0.39, 0.29) is 27.3 Å². The molecule has 0 fully saturated rings. The molecule has 0 N–H and O–H groups in total. The molecule has 4 aromatic rings. The number of quaternary nitrogens is 1. The van der Waals surface area contributed by atoms with Crippen LogP contribution in [0.5, 0.6) is 17.2 Å². The van der Waals surface area contributed by atoms with Gasteiger partial charge in [0.1, 0.15) is 23.3 Å². The minimum atomic E-state index is -4.66. The van der Waals surface area contributed by atoms with Crippen LogP contribution >= 0.6 is 0 Å². The van der Waals surface area contributed by atoms with Gasteiger partial charge in [0.05, 0.1) is 43.4 Å². The van der Waals surface area contributed by atoms with Crippen LogP contribution in [0.2, 0.25) is 0 Å². The van der Waals surface area contributed by atoms with E-state index in [1.807, 2.05) is 0 Å². The van der Waals surface area contributed by atoms with Gasteiger partial charge >= 0.3 is 32.0 Å². The van der Waals surface area contributed by atoms with Gasteiger partial charge in [0.2, 0.25) is 0 Å². The molecular weight excluding hydrogens is 709 g/mol. The summed E-state index contributed by atoms with van der Waals surface area (Å²) in [4.78, 5) is 0. The number of halogens is 12. The normalized spacial score (nSPS) is 13.1. The quantitative estimate of drug-likeness (QED) is 0.0741. The highest BCUT2D eigenvalue weighted by molar-refractivity contribution is 6.39. The van der Waals surface area contributed by atoms with Gasteiger partial charge in [-0.2, -0.15) is 83.0 Å². The summed E-state index contributed by atoms with van der Waals surface area (Å²) in [6.45, 7) is 1.77. The van der Waals surface area contributed by atoms with Crippen molar-refractivity contribution in [2.45, 2.75) is 44.1 Å². The summed E-state index contributed by atoms with van der Waals surface area (Å²) in [6, 6.07) is 16.1. The molecule has 4 nitrogen and oxygen atoms in total. The van der Waals surface area contributed by atoms with Gasteiger partial charge in [0, 0.05) is 6.42 Å². The van der Waals surface area contributed by atoms with E-state index in [1.54, 1.807) is 28.1 Å². The van der Waals surface area contributed by atoms with Crippen LogP contribution in [0.3, 0.4) is 0 Å². The summed E-state index contributed by atoms with van der Waals surface area (Å²) >= 11 is 0. The van der Waals surface area contributed by atoms with Crippen molar-refractivity contribution in [2.24, 2.45) is 0 Å². The molecule has 0 aromatic heterocycles. The van der Waals surface area contributed by atoms with E-state index >= 15 is 0 Å². The molecule has 0 saturated carbocycles. The molecule has 0 amide bonds. The van der Waals surface area contributed by atoms with Crippen LogP contribution < -0.4 is 14.0 Å². The first-order valence-corrected chi connectivity index (χ1v) is 14.8. The third-order valence-corrected chi connectivity index (χ3v) is 7.11. The van der Waals surface area contributed by atoms with E-state index in [9.17, 15) is 52.7 Å². The van der Waals surface area contributed by atoms with Gasteiger partial charge in [0.15, 0.2) is 0 Å². The summed E-state index contributed by atoms with van der Waals surface area (Å²) in [7, 11) is 3.50. The Morgan fingerprint density at radius 2 is 0.922 bits per heavy atom. The number of hydrogen-bond acceptors (Lipinski definition) is 3. The highest BCUT2D eigenvalue weighted by Crippen LogP contribution is 2.40. The molecule has 17 heteroatoms. The average Bonchev–Trinajstić information content (AvgIpc) is 3.01. The number of hydrogen-bond donors (Lipinski definition) is 0. The molecule has 1 unspecified atom stereocenters. The Morgan fingerprint density at radius 1 is 0.549 bits per heavy atom. The second-order valence-electron chi connectivity index (χ2n) is 11.8. The first kappa shape index (κ1) is 40.9. The van der Waals surface area contributed by atoms with Gasteiger partial charge in [-0.15, -0.1) is 0 Å². The second-order valence-corrected chi connectivity index (χ2v) is 11.8. The zero-order chi connectivity index (χ0) is 38.4. The molecule has 276 valence electrons. The lowest BCUT2D eigenvalue weighted by molar-refractivity contribution is -0.902. The summed E-state index contributed by atoms with van der Waals surface area (Å²) in [6.07, 6.45) is -17.7. The van der Waals surface area contributed by atoms with Crippen LogP contribution in [0.4, 0.5) is 52.7 Å². The van der Waals surface area contributed by atoms with E-state index in [0.717, 1.165) is 78.9 Å². The minimum absolute atomic E-state index is 0.0817. The van der Waals surface area contributed by atoms with Gasteiger partial charge in [-0.05, 0) is 66.7 Å². The van der Waals surface area contributed by atoms with E-state index in [1.165, 1.54) is 12.1 Å². The van der Waals surface area contributed by atoms with Crippen molar-refractivity contribution in [1.29, 1.82) is 0 Å². The van der Waals surface area contributed by atoms with E-state index in [2.05, 4.69) is 6.07 Å². The fourth-order valence-electron chi connectivity index (χ4n) is 4.70. The molecule has 4 rings (SSSR count). The topological polar surface area (TPSA) is 27.7 Å². The van der Waals surface area contributed by atoms with Crippen LogP contribution in [0.25, 0.3) is 0 Å². The fourth-order valence-corrected chi connectivity index (χ4v) is 4.70. The Balaban J connectivity index is 0.000000602. The van der Waals surface area contributed by atoms with Crippen molar-refractivity contribution >= 4 is 7.32 Å². The minimum Gasteiger partial charge on any atom is -0.490 e. The molecule has 0 bridgehead atoms. The van der Waals surface area contributed by atoms with Crippen molar-refractivity contribution < 1.29 is 71.1 Å². The molecule has 0 radical (unpaired) electrons. The van der Waals surface area contributed by atoms with Gasteiger partial charge in [0.25, 0.3) is 0 Å². The fraction of sp³-hybridized carbons (Fsp3) is 0.294. The Bertz CT molecular complexity index is 1620. The van der Waals surface area contributed by atoms with Gasteiger partial charge in [-0.1, -0.05) is 12.5 Å². The highest BCUT2D eigenvalue weighted by atomic mass is 19.4. The molecule has 51 heavy (non-hydrogen) atoms. The van der Waals surface area contributed by atoms with Crippen LogP contribution in [0.15, 0.2) is 91.0 Å². The number of nitrogens with zero attached hydrogens (tertiary/aromatic N) is 1. The largest absolute Gasteiger partial charge is 0.864 e. The van der Waals surface area contributed by atoms with Gasteiger partial charge in [-0.25, -0.2) is 0 Å². The van der Waals surface area contributed by atoms with Crippen molar-refractivity contribution in [1.82, 2.24) is 0 Å². The molecule has 1 atom stereocenters. The van der Waals surface area contributed by atoms with Crippen molar-refractivity contribution in [2.75, 3.05) is 21.1 Å². The first-order chi connectivity index (χ1) is 23.4. The zero-order valence-electron chi connectivity index (χ0n) is 27.2. The summed E-state index contributed by atoms with van der Waals surface area (Å²) in [5.41, 5.74) is -3.36. The molecule has 0 aliphatic carbocycles. The maximum Gasteiger partial charge on any atom is 0.864 e. The molecule has 0 saturated heterocycles. The lowest BCUT2D eigenvalue weighted by Gasteiger charge is -2.35. The summed E-state index contributed by atoms with van der Waals surface area (Å²) in [5, 5.41) is 0. The molecule has 0 aliphatic rings. The molecular formula is C34H30BF12NO3. The van der Waals surface area contributed by atoms with Crippen LogP contribution in [-0.4, -0.2) is 32.9 Å². The lowest BCUT2D eigenvalue weighted by atomic mass is 9.97. The number of rotatable bonds is 9. The van der Waals surface area contributed by atoms with E-state index in [4.69, 9.17) is 14.0 Å².